The van der Waals surface area contributed by atoms with Crippen LogP contribution in [-0.2, 0) is 0 Å². The Hall–Kier alpha value is -2.07. The molecule has 0 aliphatic rings. The molecule has 1 aromatic carbocycles. The number of benzene rings is 1. The normalized spacial score (nSPS) is 10.7. The number of thioether (sulfide) groups is 1. The van der Waals surface area contributed by atoms with E-state index in [1.807, 2.05) is 6.26 Å². The molecule has 0 aliphatic heterocycles. The van der Waals surface area contributed by atoms with Crippen LogP contribution in [0.4, 0.5) is 0 Å². The molecule has 2 aromatic heterocycles. The molecular formula is C16H13Cl2N5O2S2. The first kappa shape index (κ1) is 19.7. The van der Waals surface area contributed by atoms with E-state index in [1.54, 1.807) is 35.9 Å². The van der Waals surface area contributed by atoms with Crippen molar-refractivity contribution in [1.82, 2.24) is 20.2 Å². The van der Waals surface area contributed by atoms with E-state index >= 15 is 0 Å². The summed E-state index contributed by atoms with van der Waals surface area (Å²) >= 11 is 18.6. The van der Waals surface area contributed by atoms with Crippen molar-refractivity contribution < 1.29 is 9.21 Å². The number of nitrogens with zero attached hydrogens (tertiary/aromatic N) is 3. The molecule has 140 valence electrons. The maximum atomic E-state index is 12.4. The number of rotatable bonds is 4. The molecule has 0 saturated carbocycles. The van der Waals surface area contributed by atoms with Gasteiger partial charge in [-0.2, -0.15) is 0 Å². The number of nitrogens with one attached hydrogen (secondary N) is 2. The smallest absolute Gasteiger partial charge is 0.293 e. The molecule has 0 radical (unpaired) electrons. The second kappa shape index (κ2) is 8.30. The lowest BCUT2D eigenvalue weighted by molar-refractivity contribution is 0.0951. The van der Waals surface area contributed by atoms with Gasteiger partial charge in [0.1, 0.15) is 11.6 Å². The van der Waals surface area contributed by atoms with Crippen LogP contribution in [0.3, 0.4) is 0 Å². The lowest BCUT2D eigenvalue weighted by atomic mass is 10.2. The van der Waals surface area contributed by atoms with Crippen LogP contribution in [0.15, 0.2) is 39.9 Å². The minimum absolute atomic E-state index is 0.0840. The van der Waals surface area contributed by atoms with E-state index < -0.39 is 5.91 Å². The third kappa shape index (κ3) is 4.44. The van der Waals surface area contributed by atoms with Gasteiger partial charge < -0.3 is 4.42 Å². The topological polar surface area (TPSA) is 85.0 Å². The van der Waals surface area contributed by atoms with Crippen LogP contribution in [0.5, 0.6) is 0 Å². The summed E-state index contributed by atoms with van der Waals surface area (Å²) in [5.41, 5.74) is 3.49. The van der Waals surface area contributed by atoms with Gasteiger partial charge in [0.2, 0.25) is 5.16 Å². The standard InChI is InChI=1S/C16H13Cl2N5O2S2/c1-8-20-21-16(27-2)23(8)22-15(26)19-14(24)13-6-5-12(25-13)10-4-3-9(17)7-11(10)18/h3-7H,1-2H3,(H2,19,22,24,26). The third-order valence-electron chi connectivity index (χ3n) is 3.44. The maximum absolute atomic E-state index is 12.4. The van der Waals surface area contributed by atoms with Gasteiger partial charge in [-0.15, -0.1) is 10.2 Å². The highest BCUT2D eigenvalue weighted by atomic mass is 35.5. The summed E-state index contributed by atoms with van der Waals surface area (Å²) in [5, 5.41) is 12.1. The Bertz CT molecular complexity index is 1020. The molecule has 7 nitrogen and oxygen atoms in total. The van der Waals surface area contributed by atoms with Crippen LogP contribution >= 0.6 is 47.2 Å². The number of hydrogen-bond donors (Lipinski definition) is 2. The molecule has 2 heterocycles. The van der Waals surface area contributed by atoms with Gasteiger partial charge in [0.25, 0.3) is 5.91 Å². The fraction of sp³-hybridized carbons (Fsp3) is 0.125. The van der Waals surface area contributed by atoms with Gasteiger partial charge >= 0.3 is 0 Å². The van der Waals surface area contributed by atoms with Crippen LogP contribution in [0.1, 0.15) is 16.4 Å². The van der Waals surface area contributed by atoms with Gasteiger partial charge in [-0.3, -0.25) is 15.5 Å². The summed E-state index contributed by atoms with van der Waals surface area (Å²) in [6, 6.07) is 8.20. The minimum Gasteiger partial charge on any atom is -0.451 e. The van der Waals surface area contributed by atoms with Gasteiger partial charge in [-0.1, -0.05) is 35.0 Å². The fourth-order valence-corrected chi connectivity index (χ4v) is 3.36. The number of halogens is 2. The van der Waals surface area contributed by atoms with Crippen molar-refractivity contribution in [1.29, 1.82) is 0 Å². The molecule has 0 spiro atoms. The second-order valence-corrected chi connectivity index (χ2v) is 7.28. The minimum atomic E-state index is -0.500. The summed E-state index contributed by atoms with van der Waals surface area (Å²) in [6.07, 6.45) is 1.86. The molecule has 0 aliphatic carbocycles. The highest BCUT2D eigenvalue weighted by molar-refractivity contribution is 7.98. The molecular weight excluding hydrogens is 429 g/mol. The van der Waals surface area contributed by atoms with Crippen molar-refractivity contribution in [3.8, 4) is 11.3 Å². The van der Waals surface area contributed by atoms with Crippen molar-refractivity contribution in [2.24, 2.45) is 0 Å². The monoisotopic (exact) mass is 441 g/mol. The SMILES string of the molecule is CSc1nnc(C)n1NC(=S)NC(=O)c1ccc(-c2ccc(Cl)cc2Cl)o1. The van der Waals surface area contributed by atoms with Crippen LogP contribution in [0, 0.1) is 6.92 Å². The van der Waals surface area contributed by atoms with Crippen molar-refractivity contribution in [3.63, 3.8) is 0 Å². The number of aromatic nitrogens is 3. The predicted octanol–water partition coefficient (Wildman–Crippen LogP) is 4.13. The van der Waals surface area contributed by atoms with Gasteiger partial charge in [-0.05, 0) is 55.7 Å². The predicted molar refractivity (Wildman–Crippen MR) is 110 cm³/mol. The van der Waals surface area contributed by atoms with E-state index in [0.29, 0.717) is 32.3 Å². The van der Waals surface area contributed by atoms with Crippen molar-refractivity contribution >= 4 is 58.2 Å². The first-order chi connectivity index (χ1) is 12.9. The van der Waals surface area contributed by atoms with Crippen LogP contribution in [-0.4, -0.2) is 32.1 Å². The second-order valence-electron chi connectivity index (χ2n) is 5.25. The molecule has 1 amide bonds. The molecule has 27 heavy (non-hydrogen) atoms. The Balaban J connectivity index is 1.70. The number of amides is 1. The molecule has 0 atom stereocenters. The van der Waals surface area contributed by atoms with E-state index in [1.165, 1.54) is 17.8 Å². The Morgan fingerprint density at radius 1 is 1.26 bits per heavy atom. The number of carbonyl (C=O) groups is 1. The summed E-state index contributed by atoms with van der Waals surface area (Å²) in [7, 11) is 0. The van der Waals surface area contributed by atoms with Gasteiger partial charge in [0.05, 0.1) is 5.02 Å². The van der Waals surface area contributed by atoms with Crippen molar-refractivity contribution in [2.75, 3.05) is 11.7 Å². The van der Waals surface area contributed by atoms with Crippen LogP contribution in [0.25, 0.3) is 11.3 Å². The largest absolute Gasteiger partial charge is 0.451 e. The highest BCUT2D eigenvalue weighted by Crippen LogP contribution is 2.31. The van der Waals surface area contributed by atoms with Crippen molar-refractivity contribution in [2.45, 2.75) is 12.1 Å². The molecule has 0 fully saturated rings. The Kier molecular flexibility index (Phi) is 6.05. The number of furan rings is 1. The first-order valence-corrected chi connectivity index (χ1v) is 9.91. The molecule has 11 heteroatoms. The number of aryl methyl sites for hydroxylation is 1. The quantitative estimate of drug-likeness (QED) is 0.464. The molecule has 3 rings (SSSR count). The summed E-state index contributed by atoms with van der Waals surface area (Å²) in [5.74, 6) is 0.639. The maximum Gasteiger partial charge on any atom is 0.293 e. The molecule has 0 bridgehead atoms. The van der Waals surface area contributed by atoms with E-state index in [-0.39, 0.29) is 10.9 Å². The van der Waals surface area contributed by atoms with Gasteiger partial charge in [0.15, 0.2) is 10.9 Å². The van der Waals surface area contributed by atoms with Crippen LogP contribution < -0.4 is 10.7 Å². The van der Waals surface area contributed by atoms with Gasteiger partial charge in [0, 0.05) is 10.6 Å². The zero-order valence-electron chi connectivity index (χ0n) is 14.1. The van der Waals surface area contributed by atoms with Crippen LogP contribution in [0.2, 0.25) is 10.0 Å². The lowest BCUT2D eigenvalue weighted by Gasteiger charge is -2.11. The zero-order chi connectivity index (χ0) is 19.6. The molecule has 3 aromatic rings. The van der Waals surface area contributed by atoms with Crippen molar-refractivity contribution in [3.05, 3.63) is 52.0 Å². The van der Waals surface area contributed by atoms with E-state index in [4.69, 9.17) is 39.8 Å². The molecule has 0 unspecified atom stereocenters. The van der Waals surface area contributed by atoms with E-state index in [9.17, 15) is 4.79 Å². The zero-order valence-corrected chi connectivity index (χ0v) is 17.3. The van der Waals surface area contributed by atoms with E-state index in [2.05, 4.69) is 20.9 Å². The van der Waals surface area contributed by atoms with E-state index in [0.717, 1.165) is 0 Å². The third-order valence-corrected chi connectivity index (χ3v) is 4.82. The molecule has 0 saturated heterocycles. The lowest BCUT2D eigenvalue weighted by Crippen LogP contribution is -2.38. The summed E-state index contributed by atoms with van der Waals surface area (Å²) < 4.78 is 7.17. The number of carbonyl (C=O) groups excluding carboxylic acids is 1. The summed E-state index contributed by atoms with van der Waals surface area (Å²) in [6.45, 7) is 1.76. The highest BCUT2D eigenvalue weighted by Gasteiger charge is 2.16. The Morgan fingerprint density at radius 2 is 2.04 bits per heavy atom. The Labute approximate surface area is 174 Å². The molecule has 2 N–H and O–H groups in total. The number of hydrogen-bond acceptors (Lipinski definition) is 6. The number of thiocarbonyl (C=S) groups is 1. The average molecular weight is 442 g/mol. The Morgan fingerprint density at radius 3 is 2.74 bits per heavy atom. The average Bonchev–Trinajstić information content (AvgIpc) is 3.23. The fourth-order valence-electron chi connectivity index (χ4n) is 2.19. The first-order valence-electron chi connectivity index (χ1n) is 7.52. The van der Waals surface area contributed by atoms with Gasteiger partial charge in [-0.25, -0.2) is 4.68 Å². The summed E-state index contributed by atoms with van der Waals surface area (Å²) in [4.78, 5) is 12.4.